The first-order valence-corrected chi connectivity index (χ1v) is 6.58. The van der Waals surface area contributed by atoms with Crippen LogP contribution in [0.2, 0.25) is 0 Å². The van der Waals surface area contributed by atoms with Crippen molar-refractivity contribution in [1.29, 1.82) is 0 Å². The summed E-state index contributed by atoms with van der Waals surface area (Å²) in [4.78, 5) is 2.69. The Kier molecular flexibility index (Phi) is 3.36. The van der Waals surface area contributed by atoms with Crippen molar-refractivity contribution in [2.45, 2.75) is 70.6 Å². The van der Waals surface area contributed by atoms with Gasteiger partial charge in [-0.3, -0.25) is 4.90 Å². The van der Waals surface area contributed by atoms with E-state index in [2.05, 4.69) is 25.7 Å². The maximum Gasteiger partial charge on any atom is 0.0731 e. The lowest BCUT2D eigenvalue weighted by Gasteiger charge is -2.53. The summed E-state index contributed by atoms with van der Waals surface area (Å²) in [5.41, 5.74) is 0.427. The van der Waals surface area contributed by atoms with Gasteiger partial charge in [0.25, 0.3) is 0 Å². The minimum absolute atomic E-state index is 0.427. The van der Waals surface area contributed by atoms with Crippen LogP contribution < -0.4 is 0 Å². The molecule has 88 valence electrons. The number of unbranched alkanes of at least 4 members (excludes halogenated alkanes) is 1. The molecule has 3 heterocycles. The van der Waals surface area contributed by atoms with Crippen LogP contribution in [0.1, 0.15) is 52.9 Å². The van der Waals surface area contributed by atoms with Gasteiger partial charge in [0.1, 0.15) is 0 Å². The molecule has 0 N–H and O–H groups in total. The fourth-order valence-electron chi connectivity index (χ4n) is 2.91. The van der Waals surface area contributed by atoms with E-state index in [0.29, 0.717) is 17.7 Å². The average molecular weight is 211 g/mol. The Hall–Kier alpha value is -0.0800. The molecular formula is C13H25NO. The molecule has 3 aliphatic heterocycles. The van der Waals surface area contributed by atoms with Crippen molar-refractivity contribution in [3.63, 3.8) is 0 Å². The van der Waals surface area contributed by atoms with Crippen LogP contribution in [0.15, 0.2) is 0 Å². The van der Waals surface area contributed by atoms with Crippen LogP contribution in [-0.4, -0.2) is 35.7 Å². The number of hydrogen-bond donors (Lipinski definition) is 0. The highest BCUT2D eigenvalue weighted by Crippen LogP contribution is 2.35. The third kappa shape index (κ3) is 2.21. The zero-order chi connectivity index (χ0) is 10.9. The van der Waals surface area contributed by atoms with E-state index < -0.39 is 0 Å². The molecule has 3 rings (SSSR count). The summed E-state index contributed by atoms with van der Waals surface area (Å²) in [6.07, 6.45) is 7.70. The SMILES string of the molecule is CCCCC(C)(CC)N1C[C@H]2C[C@@H](C1)O2. The number of morpholine rings is 1. The fourth-order valence-corrected chi connectivity index (χ4v) is 2.91. The zero-order valence-electron chi connectivity index (χ0n) is 10.5. The fraction of sp³-hybridized carbons (Fsp3) is 1.00. The third-order valence-corrected chi connectivity index (χ3v) is 4.35. The predicted molar refractivity (Wildman–Crippen MR) is 63.1 cm³/mol. The molecule has 3 atom stereocenters. The van der Waals surface area contributed by atoms with E-state index >= 15 is 0 Å². The van der Waals surface area contributed by atoms with Gasteiger partial charge in [-0.2, -0.15) is 0 Å². The number of ether oxygens (including phenoxy) is 1. The molecule has 0 spiro atoms. The molecule has 0 aliphatic carbocycles. The third-order valence-electron chi connectivity index (χ3n) is 4.35. The molecule has 1 unspecified atom stereocenters. The van der Waals surface area contributed by atoms with Crippen molar-refractivity contribution >= 4 is 0 Å². The topological polar surface area (TPSA) is 12.5 Å². The van der Waals surface area contributed by atoms with Crippen LogP contribution >= 0.6 is 0 Å². The molecule has 0 aromatic heterocycles. The Labute approximate surface area is 94.0 Å². The number of nitrogens with zero attached hydrogens (tertiary/aromatic N) is 1. The molecular weight excluding hydrogens is 186 g/mol. The van der Waals surface area contributed by atoms with Gasteiger partial charge in [0, 0.05) is 25.0 Å². The van der Waals surface area contributed by atoms with Crippen molar-refractivity contribution < 1.29 is 4.74 Å². The summed E-state index contributed by atoms with van der Waals surface area (Å²) in [5, 5.41) is 0. The summed E-state index contributed by atoms with van der Waals surface area (Å²) >= 11 is 0. The monoisotopic (exact) mass is 211 g/mol. The first-order valence-electron chi connectivity index (χ1n) is 6.58. The van der Waals surface area contributed by atoms with Gasteiger partial charge in [-0.15, -0.1) is 0 Å². The van der Waals surface area contributed by atoms with Gasteiger partial charge >= 0.3 is 0 Å². The zero-order valence-corrected chi connectivity index (χ0v) is 10.5. The van der Waals surface area contributed by atoms with Gasteiger partial charge in [-0.05, 0) is 19.8 Å². The van der Waals surface area contributed by atoms with Crippen LogP contribution in [-0.2, 0) is 4.74 Å². The van der Waals surface area contributed by atoms with Crippen molar-refractivity contribution in [2.24, 2.45) is 0 Å². The summed E-state index contributed by atoms with van der Waals surface area (Å²) in [6.45, 7) is 9.39. The molecule has 0 saturated carbocycles. The standard InChI is InChI=1S/C13H25NO/c1-4-6-7-13(3,5-2)14-9-11-8-12(10-14)15-11/h11-12H,4-10H2,1-3H3/t11-,12+,13?. The first kappa shape index (κ1) is 11.4. The quantitative estimate of drug-likeness (QED) is 0.693. The largest absolute Gasteiger partial charge is 0.372 e. The Morgan fingerprint density at radius 1 is 1.27 bits per heavy atom. The molecule has 0 radical (unpaired) electrons. The molecule has 15 heavy (non-hydrogen) atoms. The lowest BCUT2D eigenvalue weighted by Crippen LogP contribution is -2.63. The maximum absolute atomic E-state index is 5.71. The second-order valence-corrected chi connectivity index (χ2v) is 5.47. The summed E-state index contributed by atoms with van der Waals surface area (Å²) < 4.78 is 5.71. The van der Waals surface area contributed by atoms with Crippen LogP contribution in [0.25, 0.3) is 0 Å². The molecule has 0 amide bonds. The Morgan fingerprint density at radius 2 is 1.87 bits per heavy atom. The number of hydrogen-bond acceptors (Lipinski definition) is 2. The van der Waals surface area contributed by atoms with Gasteiger partial charge in [0.05, 0.1) is 12.2 Å². The van der Waals surface area contributed by atoms with Crippen molar-refractivity contribution in [2.75, 3.05) is 13.1 Å². The van der Waals surface area contributed by atoms with Crippen LogP contribution in [0.3, 0.4) is 0 Å². The Bertz CT molecular complexity index is 203. The second kappa shape index (κ2) is 4.42. The molecule has 3 saturated heterocycles. The molecule has 2 nitrogen and oxygen atoms in total. The van der Waals surface area contributed by atoms with E-state index in [1.54, 1.807) is 0 Å². The minimum atomic E-state index is 0.427. The predicted octanol–water partition coefficient (Wildman–Crippen LogP) is 2.82. The lowest BCUT2D eigenvalue weighted by atomic mass is 9.86. The minimum Gasteiger partial charge on any atom is -0.372 e. The van der Waals surface area contributed by atoms with E-state index in [-0.39, 0.29) is 0 Å². The van der Waals surface area contributed by atoms with Crippen molar-refractivity contribution in [3.05, 3.63) is 0 Å². The second-order valence-electron chi connectivity index (χ2n) is 5.47. The Morgan fingerprint density at radius 3 is 2.33 bits per heavy atom. The Balaban J connectivity index is 1.92. The van der Waals surface area contributed by atoms with E-state index in [4.69, 9.17) is 4.74 Å². The number of fused-ring (bicyclic) bond motifs is 2. The normalized spacial score (nSPS) is 34.6. The van der Waals surface area contributed by atoms with Gasteiger partial charge in [-0.25, -0.2) is 0 Å². The molecule has 0 aromatic rings. The number of rotatable bonds is 5. The smallest absolute Gasteiger partial charge is 0.0731 e. The first-order chi connectivity index (χ1) is 7.18. The lowest BCUT2D eigenvalue weighted by molar-refractivity contribution is -0.199. The van der Waals surface area contributed by atoms with Crippen LogP contribution in [0, 0.1) is 0 Å². The molecule has 2 heteroatoms. The van der Waals surface area contributed by atoms with Crippen LogP contribution in [0.4, 0.5) is 0 Å². The highest BCUT2D eigenvalue weighted by Gasteiger charge is 2.43. The average Bonchev–Trinajstić information content (AvgIpc) is 2.25. The molecule has 2 bridgehead atoms. The van der Waals surface area contributed by atoms with Gasteiger partial charge in [0.15, 0.2) is 0 Å². The highest BCUT2D eigenvalue weighted by atomic mass is 16.5. The van der Waals surface area contributed by atoms with E-state index in [0.717, 1.165) is 0 Å². The maximum atomic E-state index is 5.71. The van der Waals surface area contributed by atoms with Gasteiger partial charge < -0.3 is 4.74 Å². The van der Waals surface area contributed by atoms with Gasteiger partial charge in [0.2, 0.25) is 0 Å². The number of piperidine rings is 1. The van der Waals surface area contributed by atoms with E-state index in [1.165, 1.54) is 45.2 Å². The van der Waals surface area contributed by atoms with Gasteiger partial charge in [-0.1, -0.05) is 26.7 Å². The summed E-state index contributed by atoms with van der Waals surface area (Å²) in [6, 6.07) is 0. The summed E-state index contributed by atoms with van der Waals surface area (Å²) in [5.74, 6) is 0. The molecule has 3 fully saturated rings. The van der Waals surface area contributed by atoms with E-state index in [1.807, 2.05) is 0 Å². The van der Waals surface area contributed by atoms with Crippen molar-refractivity contribution in [1.82, 2.24) is 4.90 Å². The molecule has 0 aromatic carbocycles. The summed E-state index contributed by atoms with van der Waals surface area (Å²) in [7, 11) is 0. The van der Waals surface area contributed by atoms with E-state index in [9.17, 15) is 0 Å². The van der Waals surface area contributed by atoms with Crippen LogP contribution in [0.5, 0.6) is 0 Å². The van der Waals surface area contributed by atoms with Crippen molar-refractivity contribution in [3.8, 4) is 0 Å². The molecule has 3 aliphatic rings. The highest BCUT2D eigenvalue weighted by molar-refractivity contribution is 4.96.